The Kier molecular flexibility index (Phi) is 9.47. The molecular weight excluding hydrogens is 384 g/mol. The van der Waals surface area contributed by atoms with Crippen molar-refractivity contribution in [3.05, 3.63) is 0 Å². The van der Waals surface area contributed by atoms with Gasteiger partial charge in [0.15, 0.2) is 0 Å². The van der Waals surface area contributed by atoms with Gasteiger partial charge in [-0.2, -0.15) is 0 Å². The molecule has 29 heavy (non-hydrogen) atoms. The number of aliphatic hydroxyl groups is 2. The van der Waals surface area contributed by atoms with E-state index in [1.807, 2.05) is 0 Å². The van der Waals surface area contributed by atoms with Crippen molar-refractivity contribution in [1.29, 1.82) is 0 Å². The average Bonchev–Trinajstić information content (AvgIpc) is 3.17. The minimum atomic E-state index is -1.39. The summed E-state index contributed by atoms with van der Waals surface area (Å²) in [7, 11) is 0. The van der Waals surface area contributed by atoms with Crippen LogP contribution in [0.1, 0.15) is 40.0 Å². The molecule has 0 aromatic carbocycles. The van der Waals surface area contributed by atoms with Crippen LogP contribution in [0, 0.1) is 5.92 Å². The first-order chi connectivity index (χ1) is 13.5. The van der Waals surface area contributed by atoms with Gasteiger partial charge < -0.3 is 36.6 Å². The van der Waals surface area contributed by atoms with Crippen LogP contribution in [0.4, 0.5) is 0 Å². The standard InChI is InChI=1S/C18H32N4O7/c1-4-9(2)13(18(28)29)20-16(26)14(10(3)24)21-15(25)12-6-5-7-22(12)17(27)11(19)8-23/h9-14,23-24H,4-8,19H2,1-3H3,(H,20,26)(H,21,25)(H,28,29). The number of hydrogen-bond donors (Lipinski definition) is 6. The molecule has 1 heterocycles. The van der Waals surface area contributed by atoms with Gasteiger partial charge in [0.1, 0.15) is 24.2 Å². The van der Waals surface area contributed by atoms with Crippen molar-refractivity contribution < 1.29 is 34.5 Å². The van der Waals surface area contributed by atoms with Gasteiger partial charge in [-0.15, -0.1) is 0 Å². The number of amides is 3. The first kappa shape index (κ1) is 24.8. The second-order valence-corrected chi connectivity index (χ2v) is 7.42. The molecule has 11 nitrogen and oxygen atoms in total. The molecule has 1 saturated heterocycles. The molecule has 1 aliphatic rings. The maximum atomic E-state index is 12.7. The molecule has 0 aromatic rings. The molecule has 6 unspecified atom stereocenters. The predicted octanol–water partition coefficient (Wildman–Crippen LogP) is -2.22. The molecule has 0 aliphatic carbocycles. The van der Waals surface area contributed by atoms with E-state index in [0.29, 0.717) is 19.3 Å². The van der Waals surface area contributed by atoms with Crippen LogP contribution < -0.4 is 16.4 Å². The summed E-state index contributed by atoms with van der Waals surface area (Å²) in [5, 5.41) is 33.1. The van der Waals surface area contributed by atoms with Crippen LogP contribution in [0.15, 0.2) is 0 Å². The lowest BCUT2D eigenvalue weighted by molar-refractivity contribution is -0.145. The van der Waals surface area contributed by atoms with Gasteiger partial charge in [0.2, 0.25) is 17.7 Å². The maximum absolute atomic E-state index is 12.7. The Morgan fingerprint density at radius 1 is 1.17 bits per heavy atom. The number of carbonyl (C=O) groups is 4. The second kappa shape index (κ2) is 11.1. The molecule has 0 radical (unpaired) electrons. The number of likely N-dealkylation sites (tertiary alicyclic amines) is 1. The largest absolute Gasteiger partial charge is 0.480 e. The lowest BCUT2D eigenvalue weighted by Gasteiger charge is -2.29. The summed E-state index contributed by atoms with van der Waals surface area (Å²) < 4.78 is 0. The third-order valence-electron chi connectivity index (χ3n) is 5.19. The highest BCUT2D eigenvalue weighted by Crippen LogP contribution is 2.19. The summed E-state index contributed by atoms with van der Waals surface area (Å²) in [6.07, 6.45) is 0.0974. The topological polar surface area (TPSA) is 182 Å². The molecule has 1 aliphatic heterocycles. The summed E-state index contributed by atoms with van der Waals surface area (Å²) in [6.45, 7) is 4.47. The fourth-order valence-electron chi connectivity index (χ4n) is 3.17. The third-order valence-corrected chi connectivity index (χ3v) is 5.19. The van der Waals surface area contributed by atoms with Gasteiger partial charge in [0.25, 0.3) is 0 Å². The van der Waals surface area contributed by atoms with E-state index >= 15 is 0 Å². The van der Waals surface area contributed by atoms with Gasteiger partial charge >= 0.3 is 5.97 Å². The smallest absolute Gasteiger partial charge is 0.326 e. The van der Waals surface area contributed by atoms with E-state index in [4.69, 9.17) is 10.8 Å². The zero-order chi connectivity index (χ0) is 22.3. The van der Waals surface area contributed by atoms with Gasteiger partial charge in [-0.3, -0.25) is 14.4 Å². The molecule has 7 N–H and O–H groups in total. The zero-order valence-electron chi connectivity index (χ0n) is 17.0. The van der Waals surface area contributed by atoms with E-state index in [9.17, 15) is 29.4 Å². The Bertz CT molecular complexity index is 613. The minimum Gasteiger partial charge on any atom is -0.480 e. The van der Waals surface area contributed by atoms with Gasteiger partial charge in [-0.25, -0.2) is 4.79 Å². The van der Waals surface area contributed by atoms with Crippen LogP contribution in [-0.4, -0.2) is 87.3 Å². The molecule has 6 atom stereocenters. The summed E-state index contributed by atoms with van der Waals surface area (Å²) >= 11 is 0. The molecule has 0 aromatic heterocycles. The highest BCUT2D eigenvalue weighted by molar-refractivity contribution is 5.94. The first-order valence-electron chi connectivity index (χ1n) is 9.73. The molecule has 0 spiro atoms. The normalized spacial score (nSPS) is 21.6. The number of nitrogens with one attached hydrogen (secondary N) is 2. The molecule has 1 rings (SSSR count). The Balaban J connectivity index is 2.89. The summed E-state index contributed by atoms with van der Waals surface area (Å²) in [4.78, 5) is 50.2. The molecule has 11 heteroatoms. The molecule has 1 fully saturated rings. The highest BCUT2D eigenvalue weighted by atomic mass is 16.4. The van der Waals surface area contributed by atoms with Crippen molar-refractivity contribution in [3.8, 4) is 0 Å². The summed E-state index contributed by atoms with van der Waals surface area (Å²) in [5.41, 5.74) is 5.55. The first-order valence-corrected chi connectivity index (χ1v) is 9.73. The molecule has 0 saturated carbocycles. The van der Waals surface area contributed by atoms with E-state index < -0.39 is 60.6 Å². The number of carbonyl (C=O) groups excluding carboxylic acids is 3. The molecule has 0 bridgehead atoms. The van der Waals surface area contributed by atoms with E-state index in [-0.39, 0.29) is 12.5 Å². The van der Waals surface area contributed by atoms with E-state index in [0.717, 1.165) is 0 Å². The van der Waals surface area contributed by atoms with Crippen molar-refractivity contribution >= 4 is 23.7 Å². The van der Waals surface area contributed by atoms with Crippen LogP contribution in [0.5, 0.6) is 0 Å². The number of aliphatic hydroxyl groups excluding tert-OH is 2. The van der Waals surface area contributed by atoms with Gasteiger partial charge in [-0.1, -0.05) is 20.3 Å². The van der Waals surface area contributed by atoms with Crippen LogP contribution in [0.25, 0.3) is 0 Å². The third kappa shape index (κ3) is 6.38. The van der Waals surface area contributed by atoms with Gasteiger partial charge in [0.05, 0.1) is 12.7 Å². The summed E-state index contributed by atoms with van der Waals surface area (Å²) in [5.74, 6) is -3.63. The fourth-order valence-corrected chi connectivity index (χ4v) is 3.17. The minimum absolute atomic E-state index is 0.283. The number of hydrogen-bond acceptors (Lipinski definition) is 7. The molecular formula is C18H32N4O7. The van der Waals surface area contributed by atoms with Crippen LogP contribution in [0.3, 0.4) is 0 Å². The maximum Gasteiger partial charge on any atom is 0.326 e. The lowest BCUT2D eigenvalue weighted by atomic mass is 9.98. The Morgan fingerprint density at radius 2 is 1.79 bits per heavy atom. The van der Waals surface area contributed by atoms with Crippen molar-refractivity contribution in [2.75, 3.05) is 13.2 Å². The van der Waals surface area contributed by atoms with E-state index in [1.165, 1.54) is 11.8 Å². The number of nitrogens with zero attached hydrogens (tertiary/aromatic N) is 1. The zero-order valence-corrected chi connectivity index (χ0v) is 17.0. The van der Waals surface area contributed by atoms with Crippen LogP contribution >= 0.6 is 0 Å². The average molecular weight is 416 g/mol. The SMILES string of the molecule is CCC(C)C(NC(=O)C(NC(=O)C1CCCN1C(=O)C(N)CO)C(C)O)C(=O)O. The van der Waals surface area contributed by atoms with Crippen molar-refractivity contribution in [2.24, 2.45) is 11.7 Å². The second-order valence-electron chi connectivity index (χ2n) is 7.42. The van der Waals surface area contributed by atoms with E-state index in [2.05, 4.69) is 10.6 Å². The van der Waals surface area contributed by atoms with Crippen LogP contribution in [-0.2, 0) is 19.2 Å². The van der Waals surface area contributed by atoms with Crippen LogP contribution in [0.2, 0.25) is 0 Å². The number of nitrogens with two attached hydrogens (primary N) is 1. The number of aliphatic carboxylic acids is 1. The lowest BCUT2D eigenvalue weighted by Crippen LogP contribution is -2.60. The highest BCUT2D eigenvalue weighted by Gasteiger charge is 2.39. The number of rotatable bonds is 10. The van der Waals surface area contributed by atoms with Gasteiger partial charge in [-0.05, 0) is 25.7 Å². The predicted molar refractivity (Wildman–Crippen MR) is 102 cm³/mol. The monoisotopic (exact) mass is 416 g/mol. The number of carboxylic acids is 1. The van der Waals surface area contributed by atoms with Crippen molar-refractivity contribution in [3.63, 3.8) is 0 Å². The number of carboxylic acid groups (broad SMARTS) is 1. The Labute approximate surface area is 169 Å². The van der Waals surface area contributed by atoms with Crippen molar-refractivity contribution in [2.45, 2.75) is 70.3 Å². The molecule has 166 valence electrons. The van der Waals surface area contributed by atoms with E-state index in [1.54, 1.807) is 13.8 Å². The van der Waals surface area contributed by atoms with Crippen molar-refractivity contribution in [1.82, 2.24) is 15.5 Å². The quantitative estimate of drug-likeness (QED) is 0.231. The van der Waals surface area contributed by atoms with Gasteiger partial charge in [0, 0.05) is 6.54 Å². The Hall–Kier alpha value is -2.24. The molecule has 3 amide bonds. The summed E-state index contributed by atoms with van der Waals surface area (Å²) in [6, 6.07) is -4.60. The Morgan fingerprint density at radius 3 is 2.28 bits per heavy atom. The fraction of sp³-hybridized carbons (Fsp3) is 0.778.